The topological polar surface area (TPSA) is 55.1 Å². The van der Waals surface area contributed by atoms with Crippen molar-refractivity contribution >= 4 is 18.3 Å². The minimum Gasteiger partial charge on any atom is -0.352 e. The van der Waals surface area contributed by atoms with Gasteiger partial charge in [0.05, 0.1) is 0 Å². The molecule has 2 aliphatic carbocycles. The van der Waals surface area contributed by atoms with E-state index in [1.54, 1.807) is 0 Å². The van der Waals surface area contributed by atoms with Crippen LogP contribution in [0.3, 0.4) is 0 Å². The van der Waals surface area contributed by atoms with E-state index in [0.717, 1.165) is 6.42 Å². The van der Waals surface area contributed by atoms with Crippen LogP contribution < -0.4 is 11.1 Å². The van der Waals surface area contributed by atoms with E-state index in [2.05, 4.69) is 29.6 Å². The lowest BCUT2D eigenvalue weighted by molar-refractivity contribution is -0.121. The Morgan fingerprint density at radius 2 is 2.22 bits per heavy atom. The Morgan fingerprint density at radius 1 is 1.50 bits per heavy atom. The smallest absolute Gasteiger partial charge is 0.221 e. The Morgan fingerprint density at radius 3 is 2.94 bits per heavy atom. The van der Waals surface area contributed by atoms with Crippen LogP contribution in [0, 0.1) is 5.92 Å². The number of hydrogen-bond acceptors (Lipinski definition) is 2. The van der Waals surface area contributed by atoms with E-state index in [4.69, 9.17) is 5.73 Å². The molecule has 4 heteroatoms. The number of halogens is 1. The molecule has 0 heterocycles. The van der Waals surface area contributed by atoms with Crippen molar-refractivity contribution in [3.05, 3.63) is 35.4 Å². The van der Waals surface area contributed by atoms with Gasteiger partial charge in [-0.15, -0.1) is 12.4 Å². The highest BCUT2D eigenvalue weighted by Crippen LogP contribution is 2.56. The number of carbonyl (C=O) groups is 1. The maximum Gasteiger partial charge on any atom is 0.221 e. The fraction of sp³-hybridized carbons (Fsp3) is 0.500. The zero-order valence-corrected chi connectivity index (χ0v) is 11.2. The molecule has 1 aromatic carbocycles. The van der Waals surface area contributed by atoms with Gasteiger partial charge in [0, 0.05) is 24.4 Å². The summed E-state index contributed by atoms with van der Waals surface area (Å²) in [5, 5.41) is 3.11. The summed E-state index contributed by atoms with van der Waals surface area (Å²) in [6.45, 7) is 1.86. The summed E-state index contributed by atoms with van der Waals surface area (Å²) in [6, 6.07) is 8.87. The summed E-state index contributed by atoms with van der Waals surface area (Å²) in [7, 11) is 0. The second-order valence-corrected chi connectivity index (χ2v) is 5.37. The molecule has 3 rings (SSSR count). The van der Waals surface area contributed by atoms with Gasteiger partial charge < -0.3 is 11.1 Å². The van der Waals surface area contributed by atoms with E-state index < -0.39 is 0 Å². The molecule has 0 aromatic heterocycles. The van der Waals surface area contributed by atoms with E-state index in [-0.39, 0.29) is 24.4 Å². The van der Waals surface area contributed by atoms with E-state index in [9.17, 15) is 4.79 Å². The molecule has 1 saturated carbocycles. The lowest BCUT2D eigenvalue weighted by atomic mass is 10.1. The van der Waals surface area contributed by atoms with Gasteiger partial charge in [-0.1, -0.05) is 24.3 Å². The van der Waals surface area contributed by atoms with Crippen molar-refractivity contribution in [3.63, 3.8) is 0 Å². The number of nitrogens with two attached hydrogens (primary N) is 1. The highest BCUT2D eigenvalue weighted by molar-refractivity contribution is 5.85. The quantitative estimate of drug-likeness (QED) is 0.873. The van der Waals surface area contributed by atoms with Crippen molar-refractivity contribution in [1.29, 1.82) is 0 Å². The van der Waals surface area contributed by atoms with Crippen LogP contribution in [0.15, 0.2) is 24.3 Å². The summed E-state index contributed by atoms with van der Waals surface area (Å²) in [4.78, 5) is 11.7. The normalized spacial score (nSPS) is 28.7. The average Bonchev–Trinajstić information content (AvgIpc) is 2.78. The maximum absolute atomic E-state index is 11.7. The van der Waals surface area contributed by atoms with Gasteiger partial charge in [-0.05, 0) is 30.4 Å². The molecular weight excluding hydrogens is 248 g/mol. The van der Waals surface area contributed by atoms with E-state index in [1.165, 1.54) is 11.1 Å². The summed E-state index contributed by atoms with van der Waals surface area (Å²) >= 11 is 0. The average molecular weight is 267 g/mol. The minimum absolute atomic E-state index is 0. The largest absolute Gasteiger partial charge is 0.352 e. The zero-order chi connectivity index (χ0) is 12.0. The van der Waals surface area contributed by atoms with Crippen molar-refractivity contribution in [3.8, 4) is 0 Å². The molecular formula is C14H19ClN2O. The predicted octanol–water partition coefficient (Wildman–Crippen LogP) is 1.60. The fourth-order valence-electron chi connectivity index (χ4n) is 3.09. The van der Waals surface area contributed by atoms with Crippen LogP contribution in [-0.4, -0.2) is 18.0 Å². The minimum atomic E-state index is -0.0547. The molecule has 0 aliphatic heterocycles. The Balaban J connectivity index is 0.00000120. The fourth-order valence-corrected chi connectivity index (χ4v) is 3.09. The van der Waals surface area contributed by atoms with Crippen LogP contribution in [0.1, 0.15) is 30.4 Å². The van der Waals surface area contributed by atoms with Crippen LogP contribution >= 0.6 is 12.4 Å². The Labute approximate surface area is 114 Å². The number of rotatable bonds is 3. The molecule has 4 unspecified atom stereocenters. The molecule has 1 aromatic rings. The molecule has 1 amide bonds. The third-order valence-corrected chi connectivity index (χ3v) is 3.87. The Hall–Kier alpha value is -1.06. The Bertz CT molecular complexity index is 461. The number of amides is 1. The first kappa shape index (κ1) is 13.4. The number of nitrogens with one attached hydrogen (secondary N) is 1. The van der Waals surface area contributed by atoms with Gasteiger partial charge in [-0.2, -0.15) is 0 Å². The van der Waals surface area contributed by atoms with Crippen molar-refractivity contribution in [2.24, 2.45) is 11.7 Å². The van der Waals surface area contributed by atoms with Gasteiger partial charge in [-0.3, -0.25) is 4.79 Å². The van der Waals surface area contributed by atoms with Gasteiger partial charge in [0.2, 0.25) is 5.91 Å². The van der Waals surface area contributed by atoms with Crippen molar-refractivity contribution in [1.82, 2.24) is 5.32 Å². The first-order valence-corrected chi connectivity index (χ1v) is 6.29. The second-order valence-electron chi connectivity index (χ2n) is 5.37. The molecule has 18 heavy (non-hydrogen) atoms. The van der Waals surface area contributed by atoms with Gasteiger partial charge in [0.1, 0.15) is 0 Å². The standard InChI is InChI=1S/C14H18N2O.ClH/c1-8(15)6-12(17)16-14-11-7-9-4-2-3-5-10(9)13(11)14;/h2-5,8,11,13-14H,6-7,15H2,1H3,(H,16,17);1H. The molecule has 0 saturated heterocycles. The van der Waals surface area contributed by atoms with E-state index >= 15 is 0 Å². The van der Waals surface area contributed by atoms with Crippen LogP contribution in [0.4, 0.5) is 0 Å². The lowest BCUT2D eigenvalue weighted by Crippen LogP contribution is -2.33. The van der Waals surface area contributed by atoms with Crippen LogP contribution in [0.25, 0.3) is 0 Å². The van der Waals surface area contributed by atoms with Crippen LogP contribution in [-0.2, 0) is 11.2 Å². The lowest BCUT2D eigenvalue weighted by Gasteiger charge is -2.10. The third-order valence-electron chi connectivity index (χ3n) is 3.87. The summed E-state index contributed by atoms with van der Waals surface area (Å²) in [5.74, 6) is 1.28. The van der Waals surface area contributed by atoms with Crippen molar-refractivity contribution in [2.45, 2.75) is 37.8 Å². The predicted molar refractivity (Wildman–Crippen MR) is 73.8 cm³/mol. The number of benzene rings is 1. The van der Waals surface area contributed by atoms with Crippen LogP contribution in [0.5, 0.6) is 0 Å². The Kier molecular flexibility index (Phi) is 3.64. The van der Waals surface area contributed by atoms with E-state index in [0.29, 0.717) is 24.3 Å². The summed E-state index contributed by atoms with van der Waals surface area (Å²) in [6.07, 6.45) is 1.54. The van der Waals surface area contributed by atoms with Gasteiger partial charge >= 0.3 is 0 Å². The first-order chi connectivity index (χ1) is 8.16. The number of fused-ring (bicyclic) bond motifs is 3. The van der Waals surface area contributed by atoms with Crippen molar-refractivity contribution < 1.29 is 4.79 Å². The van der Waals surface area contributed by atoms with Crippen molar-refractivity contribution in [2.75, 3.05) is 0 Å². The molecule has 0 spiro atoms. The summed E-state index contributed by atoms with van der Waals surface area (Å²) < 4.78 is 0. The summed E-state index contributed by atoms with van der Waals surface area (Å²) in [5.41, 5.74) is 8.51. The highest BCUT2D eigenvalue weighted by Gasteiger charge is 2.56. The molecule has 0 radical (unpaired) electrons. The first-order valence-electron chi connectivity index (χ1n) is 6.29. The molecule has 98 valence electrons. The molecule has 3 N–H and O–H groups in total. The zero-order valence-electron chi connectivity index (χ0n) is 10.4. The van der Waals surface area contributed by atoms with Gasteiger partial charge in [0.25, 0.3) is 0 Å². The third kappa shape index (κ3) is 2.25. The number of hydrogen-bond donors (Lipinski definition) is 2. The van der Waals surface area contributed by atoms with Crippen LogP contribution in [0.2, 0.25) is 0 Å². The molecule has 3 nitrogen and oxygen atoms in total. The number of carbonyl (C=O) groups excluding carboxylic acids is 1. The molecule has 4 atom stereocenters. The van der Waals surface area contributed by atoms with Gasteiger partial charge in [0.15, 0.2) is 0 Å². The molecule has 0 bridgehead atoms. The SMILES string of the molecule is CC(N)CC(=O)NC1C2Cc3ccccc3C21.Cl. The van der Waals surface area contributed by atoms with Gasteiger partial charge in [-0.25, -0.2) is 0 Å². The molecule has 1 fully saturated rings. The van der Waals surface area contributed by atoms with E-state index in [1.807, 2.05) is 6.92 Å². The monoisotopic (exact) mass is 266 g/mol. The molecule has 2 aliphatic rings. The highest BCUT2D eigenvalue weighted by atomic mass is 35.5. The second kappa shape index (κ2) is 4.90. The maximum atomic E-state index is 11.7.